The van der Waals surface area contributed by atoms with Gasteiger partial charge in [-0.1, -0.05) is 62.8 Å². The smallest absolute Gasteiger partial charge is 0.0872 e. The molecular weight excluding hydrogens is 270 g/mol. The molecule has 1 aromatic carbocycles. The highest BCUT2D eigenvalue weighted by Gasteiger charge is 2.16. The van der Waals surface area contributed by atoms with Gasteiger partial charge in [-0.2, -0.15) is 0 Å². The third-order valence-corrected chi connectivity index (χ3v) is 3.83. The van der Waals surface area contributed by atoms with Gasteiger partial charge in [-0.05, 0) is 43.0 Å². The Balaban J connectivity index is 0.00000116. The lowest BCUT2D eigenvalue weighted by molar-refractivity contribution is 0.469. The molecule has 2 N–H and O–H groups in total. The predicted octanol–water partition coefficient (Wildman–Crippen LogP) is 5.26. The number of aliphatic hydroxyl groups excluding tert-OH is 1. The molecule has 0 saturated heterocycles. The van der Waals surface area contributed by atoms with Gasteiger partial charge in [-0.15, -0.1) is 0 Å². The molecule has 2 nitrogen and oxygen atoms in total. The Morgan fingerprint density at radius 3 is 2.41 bits per heavy atom. The first-order valence-electron chi connectivity index (χ1n) is 8.28. The molecule has 22 heavy (non-hydrogen) atoms. The average Bonchev–Trinajstić information content (AvgIpc) is 2.62. The molecule has 0 bridgehead atoms. The first kappa shape index (κ1) is 18.2. The third-order valence-electron chi connectivity index (χ3n) is 3.83. The summed E-state index contributed by atoms with van der Waals surface area (Å²) in [5.41, 5.74) is 5.85. The molecule has 1 aromatic rings. The van der Waals surface area contributed by atoms with Crippen molar-refractivity contribution in [2.45, 2.75) is 40.5 Å². The van der Waals surface area contributed by atoms with Crippen molar-refractivity contribution in [3.63, 3.8) is 0 Å². The minimum atomic E-state index is 0.875. The van der Waals surface area contributed by atoms with E-state index in [1.807, 2.05) is 32.0 Å². The van der Waals surface area contributed by atoms with Crippen LogP contribution in [0.25, 0.3) is 5.57 Å². The van der Waals surface area contributed by atoms with Crippen LogP contribution in [-0.2, 0) is 0 Å². The fourth-order valence-corrected chi connectivity index (χ4v) is 2.59. The first-order chi connectivity index (χ1) is 10.8. The second kappa shape index (κ2) is 10.0. The number of hydrogen-bond acceptors (Lipinski definition) is 2. The van der Waals surface area contributed by atoms with E-state index in [9.17, 15) is 5.11 Å². The van der Waals surface area contributed by atoms with Crippen LogP contribution in [0.15, 0.2) is 59.4 Å². The average molecular weight is 299 g/mol. The van der Waals surface area contributed by atoms with Crippen molar-refractivity contribution in [2.24, 2.45) is 0 Å². The molecule has 2 rings (SSSR count). The van der Waals surface area contributed by atoms with Gasteiger partial charge in [0.2, 0.25) is 0 Å². The van der Waals surface area contributed by atoms with Crippen molar-refractivity contribution in [1.29, 1.82) is 0 Å². The van der Waals surface area contributed by atoms with Gasteiger partial charge < -0.3 is 10.4 Å². The van der Waals surface area contributed by atoms with Crippen LogP contribution in [0.2, 0.25) is 0 Å². The summed E-state index contributed by atoms with van der Waals surface area (Å²) >= 11 is 0. The Hall–Kier alpha value is -1.80. The number of benzene rings is 1. The highest BCUT2D eigenvalue weighted by molar-refractivity contribution is 5.85. The minimum absolute atomic E-state index is 0.875. The highest BCUT2D eigenvalue weighted by atomic mass is 16.2. The zero-order chi connectivity index (χ0) is 16.4. The predicted molar refractivity (Wildman–Crippen MR) is 97.0 cm³/mol. The quantitative estimate of drug-likeness (QED) is 0.587. The van der Waals surface area contributed by atoms with Gasteiger partial charge in [0.25, 0.3) is 0 Å². The largest absolute Gasteiger partial charge is 0.515 e. The fraction of sp³-hybridized carbons (Fsp3) is 0.400. The summed E-state index contributed by atoms with van der Waals surface area (Å²) in [6.07, 6.45) is 5.39. The molecule has 0 spiro atoms. The van der Waals surface area contributed by atoms with E-state index in [1.54, 1.807) is 0 Å². The highest BCUT2D eigenvalue weighted by Crippen LogP contribution is 2.33. The SMILES string of the molecule is CC.CC/C(C)=C(/C(=C\O)C1=CCNCC1)c1ccccc1. The Morgan fingerprint density at radius 1 is 1.23 bits per heavy atom. The molecule has 0 unspecified atom stereocenters. The van der Waals surface area contributed by atoms with Crippen LogP contribution in [0.5, 0.6) is 0 Å². The molecule has 1 heterocycles. The number of aliphatic hydroxyl groups is 1. The summed E-state index contributed by atoms with van der Waals surface area (Å²) in [6, 6.07) is 10.3. The molecule has 0 amide bonds. The van der Waals surface area contributed by atoms with Gasteiger partial charge >= 0.3 is 0 Å². The molecular formula is C20H29NO. The van der Waals surface area contributed by atoms with Crippen molar-refractivity contribution in [2.75, 3.05) is 13.1 Å². The lowest BCUT2D eigenvalue weighted by atomic mass is 9.87. The van der Waals surface area contributed by atoms with Gasteiger partial charge in [0.15, 0.2) is 0 Å². The van der Waals surface area contributed by atoms with Crippen molar-refractivity contribution in [3.05, 3.63) is 65.0 Å². The second-order valence-corrected chi connectivity index (χ2v) is 5.10. The van der Waals surface area contributed by atoms with Crippen LogP contribution in [0.3, 0.4) is 0 Å². The maximum absolute atomic E-state index is 9.80. The summed E-state index contributed by atoms with van der Waals surface area (Å²) in [6.45, 7) is 10.1. The van der Waals surface area contributed by atoms with Gasteiger partial charge in [0.05, 0.1) is 6.26 Å². The molecule has 0 saturated carbocycles. The van der Waals surface area contributed by atoms with E-state index >= 15 is 0 Å². The van der Waals surface area contributed by atoms with Crippen molar-refractivity contribution < 1.29 is 5.11 Å². The zero-order valence-corrected chi connectivity index (χ0v) is 14.3. The van der Waals surface area contributed by atoms with E-state index in [0.29, 0.717) is 0 Å². The number of hydrogen-bond donors (Lipinski definition) is 2. The topological polar surface area (TPSA) is 32.3 Å². The van der Waals surface area contributed by atoms with Gasteiger partial charge in [0.1, 0.15) is 0 Å². The van der Waals surface area contributed by atoms with Crippen molar-refractivity contribution in [1.82, 2.24) is 5.32 Å². The zero-order valence-electron chi connectivity index (χ0n) is 14.3. The molecule has 2 heteroatoms. The molecule has 0 aliphatic carbocycles. The maximum Gasteiger partial charge on any atom is 0.0872 e. The van der Waals surface area contributed by atoms with E-state index in [2.05, 4.69) is 37.4 Å². The van der Waals surface area contributed by atoms with Crippen LogP contribution < -0.4 is 5.32 Å². The molecule has 1 aliphatic heterocycles. The van der Waals surface area contributed by atoms with E-state index in [0.717, 1.165) is 31.5 Å². The third kappa shape index (κ3) is 4.60. The van der Waals surface area contributed by atoms with Gasteiger partial charge in [-0.3, -0.25) is 0 Å². The van der Waals surface area contributed by atoms with Crippen molar-refractivity contribution in [3.8, 4) is 0 Å². The fourth-order valence-electron chi connectivity index (χ4n) is 2.59. The standard InChI is InChI=1S/C18H23NO.C2H6/c1-3-14(2)18(16-7-5-4-6-8-16)17(13-20)15-9-11-19-12-10-15;1-2/h4-9,13,19-20H,3,10-12H2,1-2H3;1-2H3/b17-13-,18-14+;. The number of allylic oxidation sites excluding steroid dienone is 3. The molecule has 0 atom stereocenters. The van der Waals surface area contributed by atoms with Crippen LogP contribution in [0.4, 0.5) is 0 Å². The first-order valence-corrected chi connectivity index (χ1v) is 8.28. The number of nitrogens with one attached hydrogen (secondary N) is 1. The maximum atomic E-state index is 9.80. The Bertz CT molecular complexity index is 538. The van der Waals surface area contributed by atoms with E-state index in [1.165, 1.54) is 28.5 Å². The summed E-state index contributed by atoms with van der Waals surface area (Å²) in [5.74, 6) is 0. The Morgan fingerprint density at radius 2 is 1.91 bits per heavy atom. The molecule has 120 valence electrons. The number of rotatable bonds is 4. The van der Waals surface area contributed by atoms with E-state index in [4.69, 9.17) is 0 Å². The van der Waals surface area contributed by atoms with Crippen LogP contribution in [0.1, 0.15) is 46.1 Å². The Kier molecular flexibility index (Phi) is 8.31. The summed E-state index contributed by atoms with van der Waals surface area (Å²) in [4.78, 5) is 0. The summed E-state index contributed by atoms with van der Waals surface area (Å²) in [7, 11) is 0. The summed E-state index contributed by atoms with van der Waals surface area (Å²) in [5, 5.41) is 13.1. The van der Waals surface area contributed by atoms with Crippen LogP contribution in [0, 0.1) is 0 Å². The lowest BCUT2D eigenvalue weighted by Crippen LogP contribution is -2.21. The lowest BCUT2D eigenvalue weighted by Gasteiger charge is -2.21. The Labute approximate surface area is 135 Å². The van der Waals surface area contributed by atoms with Gasteiger partial charge in [-0.25, -0.2) is 0 Å². The second-order valence-electron chi connectivity index (χ2n) is 5.10. The van der Waals surface area contributed by atoms with E-state index < -0.39 is 0 Å². The molecule has 1 aliphatic rings. The van der Waals surface area contributed by atoms with Crippen LogP contribution >= 0.6 is 0 Å². The molecule has 0 aromatic heterocycles. The van der Waals surface area contributed by atoms with Gasteiger partial charge in [0, 0.05) is 12.1 Å². The monoisotopic (exact) mass is 299 g/mol. The van der Waals surface area contributed by atoms with Crippen molar-refractivity contribution >= 4 is 5.57 Å². The normalized spacial score (nSPS) is 16.2. The van der Waals surface area contributed by atoms with E-state index in [-0.39, 0.29) is 0 Å². The van der Waals surface area contributed by atoms with Crippen LogP contribution in [-0.4, -0.2) is 18.2 Å². The summed E-state index contributed by atoms with van der Waals surface area (Å²) < 4.78 is 0. The molecule has 0 fully saturated rings. The minimum Gasteiger partial charge on any atom is -0.515 e. The molecule has 0 radical (unpaired) electrons.